The third-order valence-electron chi connectivity index (χ3n) is 5.23. The molecule has 0 amide bonds. The minimum Gasteiger partial charge on any atom is -0.491 e. The maximum Gasteiger partial charge on any atom is 0.229 e. The number of hydrogen-bond acceptors (Lipinski definition) is 7. The van der Waals surface area contributed by atoms with E-state index in [2.05, 4.69) is 0 Å². The second-order valence-electron chi connectivity index (χ2n) is 8.21. The van der Waals surface area contributed by atoms with Crippen LogP contribution in [-0.4, -0.2) is 63.3 Å². The third-order valence-corrected chi connectivity index (χ3v) is 5.23. The fraction of sp³-hybridized carbons (Fsp3) is 0.500. The summed E-state index contributed by atoms with van der Waals surface area (Å²) in [5, 5.41) is 40.7. The Labute approximate surface area is 184 Å². The van der Waals surface area contributed by atoms with E-state index in [-0.39, 0.29) is 6.10 Å². The number of aliphatic hydroxyl groups excluding tert-OH is 4. The standard InChI is InChI=1S/C24H32O7/c1-13(2)29-17-10-8-16(9-11-17)12-18-14(3)6-5-7-19(18)30-24-22(28)20(26)21(27)23(31-24)15(4)25/h5-11,13,15,20-28H,12H2,1-4H3/t15-,20+,21+,22-,23-,24-/m1/s1/i24D. The first-order valence-corrected chi connectivity index (χ1v) is 10.4. The third kappa shape index (κ3) is 5.56. The first-order valence-electron chi connectivity index (χ1n) is 10.9. The van der Waals surface area contributed by atoms with Gasteiger partial charge in [-0.1, -0.05) is 24.3 Å². The lowest BCUT2D eigenvalue weighted by Gasteiger charge is -2.41. The van der Waals surface area contributed by atoms with Crippen LogP contribution in [0.1, 0.15) is 38.8 Å². The molecule has 170 valence electrons. The van der Waals surface area contributed by atoms with E-state index in [1.807, 2.05) is 51.1 Å². The quantitative estimate of drug-likeness (QED) is 0.528. The lowest BCUT2D eigenvalue weighted by Crippen LogP contribution is -2.61. The molecule has 0 radical (unpaired) electrons. The minimum atomic E-state index is -2.42. The Morgan fingerprint density at radius 1 is 1.00 bits per heavy atom. The van der Waals surface area contributed by atoms with E-state index >= 15 is 0 Å². The molecule has 0 aromatic heterocycles. The average molecular weight is 434 g/mol. The van der Waals surface area contributed by atoms with Crippen LogP contribution in [0.25, 0.3) is 0 Å². The van der Waals surface area contributed by atoms with Gasteiger partial charge in [0.1, 0.15) is 37.3 Å². The summed E-state index contributed by atoms with van der Waals surface area (Å²) in [5.41, 5.74) is 2.68. The van der Waals surface area contributed by atoms with E-state index in [0.29, 0.717) is 12.2 Å². The van der Waals surface area contributed by atoms with E-state index in [1.165, 1.54) is 6.92 Å². The van der Waals surface area contributed by atoms with Gasteiger partial charge in [0, 0.05) is 12.0 Å². The molecule has 1 saturated heterocycles. The maximum absolute atomic E-state index is 10.4. The normalized spacial score (nSPS) is 30.0. The molecule has 2 aromatic carbocycles. The molecule has 1 heterocycles. The Hall–Kier alpha value is -2.16. The Morgan fingerprint density at radius 3 is 2.29 bits per heavy atom. The van der Waals surface area contributed by atoms with Gasteiger partial charge in [0.2, 0.25) is 6.27 Å². The highest BCUT2D eigenvalue weighted by Crippen LogP contribution is 2.31. The summed E-state index contributed by atoms with van der Waals surface area (Å²) in [7, 11) is 0. The SMILES string of the molecule is [2H][C@@]1(Oc2cccc(C)c2Cc2ccc(OC(C)C)cc2)O[C@H]([C@@H](C)O)[C@@H](O)[C@H](O)[C@H]1O. The molecule has 4 N–H and O–H groups in total. The first-order chi connectivity index (χ1) is 15.0. The molecule has 3 rings (SSSR count). The fourth-order valence-electron chi connectivity index (χ4n) is 3.53. The molecule has 1 fully saturated rings. The van der Waals surface area contributed by atoms with Crippen molar-refractivity contribution in [3.05, 3.63) is 59.2 Å². The number of aliphatic hydroxyl groups is 4. The molecule has 7 nitrogen and oxygen atoms in total. The Bertz CT molecular complexity index is 902. The van der Waals surface area contributed by atoms with Crippen LogP contribution in [0, 0.1) is 6.92 Å². The predicted molar refractivity (Wildman–Crippen MR) is 115 cm³/mol. The smallest absolute Gasteiger partial charge is 0.229 e. The maximum atomic E-state index is 10.4. The fourth-order valence-corrected chi connectivity index (χ4v) is 3.53. The highest BCUT2D eigenvalue weighted by atomic mass is 16.7. The zero-order valence-electron chi connectivity index (χ0n) is 19.2. The van der Waals surface area contributed by atoms with Crippen molar-refractivity contribution in [3.8, 4) is 11.5 Å². The summed E-state index contributed by atoms with van der Waals surface area (Å²) in [5.74, 6) is 1.07. The van der Waals surface area contributed by atoms with E-state index < -0.39 is 36.8 Å². The highest BCUT2D eigenvalue weighted by Gasteiger charge is 2.46. The van der Waals surface area contributed by atoms with Crippen molar-refractivity contribution in [3.63, 3.8) is 0 Å². The topological polar surface area (TPSA) is 109 Å². The molecule has 1 aliphatic rings. The molecule has 0 bridgehead atoms. The second kappa shape index (κ2) is 9.97. The van der Waals surface area contributed by atoms with Crippen LogP contribution in [0.3, 0.4) is 0 Å². The van der Waals surface area contributed by atoms with Crippen molar-refractivity contribution in [1.82, 2.24) is 0 Å². The molecular formula is C24H32O7. The summed E-state index contributed by atoms with van der Waals surface area (Å²) in [6, 6.07) is 13.0. The molecule has 0 saturated carbocycles. The van der Waals surface area contributed by atoms with Crippen LogP contribution in [0.15, 0.2) is 42.5 Å². The molecule has 0 unspecified atom stereocenters. The molecule has 0 aliphatic carbocycles. The molecule has 7 heteroatoms. The van der Waals surface area contributed by atoms with E-state index in [0.717, 1.165) is 22.4 Å². The molecule has 1 aliphatic heterocycles. The lowest BCUT2D eigenvalue weighted by atomic mass is 9.95. The lowest BCUT2D eigenvalue weighted by molar-refractivity contribution is -0.286. The highest BCUT2D eigenvalue weighted by molar-refractivity contribution is 5.43. The van der Waals surface area contributed by atoms with Crippen molar-refractivity contribution >= 4 is 0 Å². The van der Waals surface area contributed by atoms with Crippen LogP contribution < -0.4 is 9.47 Å². The van der Waals surface area contributed by atoms with Gasteiger partial charge in [-0.3, -0.25) is 0 Å². The minimum absolute atomic E-state index is 0.0757. The molecule has 6 atom stereocenters. The van der Waals surface area contributed by atoms with Gasteiger partial charge in [0.25, 0.3) is 0 Å². The number of aryl methyl sites for hydroxylation is 1. The Balaban J connectivity index is 1.87. The number of ether oxygens (including phenoxy) is 3. The van der Waals surface area contributed by atoms with Crippen LogP contribution >= 0.6 is 0 Å². The van der Waals surface area contributed by atoms with Crippen molar-refractivity contribution in [1.29, 1.82) is 0 Å². The van der Waals surface area contributed by atoms with Gasteiger partial charge in [-0.05, 0) is 57.0 Å². The Morgan fingerprint density at radius 2 is 1.68 bits per heavy atom. The monoisotopic (exact) mass is 433 g/mol. The number of benzene rings is 2. The van der Waals surface area contributed by atoms with Gasteiger partial charge < -0.3 is 34.6 Å². The van der Waals surface area contributed by atoms with Gasteiger partial charge >= 0.3 is 0 Å². The van der Waals surface area contributed by atoms with Crippen molar-refractivity contribution in [2.75, 3.05) is 0 Å². The Kier molecular flexibility index (Phi) is 7.09. The van der Waals surface area contributed by atoms with Crippen molar-refractivity contribution in [2.45, 2.75) is 77.0 Å². The van der Waals surface area contributed by atoms with Crippen LogP contribution in [0.5, 0.6) is 11.5 Å². The first kappa shape index (κ1) is 22.0. The van der Waals surface area contributed by atoms with Crippen LogP contribution in [0.2, 0.25) is 0 Å². The molecule has 2 aromatic rings. The number of hydrogen-bond donors (Lipinski definition) is 4. The van der Waals surface area contributed by atoms with Gasteiger partial charge in [-0.2, -0.15) is 0 Å². The number of rotatable bonds is 7. The summed E-state index contributed by atoms with van der Waals surface area (Å²) >= 11 is 0. The van der Waals surface area contributed by atoms with E-state index in [9.17, 15) is 20.4 Å². The van der Waals surface area contributed by atoms with Crippen molar-refractivity contribution < 1.29 is 36.0 Å². The zero-order valence-corrected chi connectivity index (χ0v) is 18.2. The summed E-state index contributed by atoms with van der Waals surface area (Å²) in [6.07, 6.45) is -9.48. The predicted octanol–water partition coefficient (Wildman–Crippen LogP) is 1.94. The van der Waals surface area contributed by atoms with Crippen molar-refractivity contribution in [2.24, 2.45) is 0 Å². The van der Waals surface area contributed by atoms with Gasteiger partial charge in [-0.25, -0.2) is 0 Å². The zero-order chi connectivity index (χ0) is 23.6. The van der Waals surface area contributed by atoms with Crippen LogP contribution in [0.4, 0.5) is 0 Å². The molecular weight excluding hydrogens is 400 g/mol. The second-order valence-corrected chi connectivity index (χ2v) is 8.21. The van der Waals surface area contributed by atoms with E-state index in [1.54, 1.807) is 12.1 Å². The molecule has 0 spiro atoms. The van der Waals surface area contributed by atoms with Crippen LogP contribution in [-0.2, 0) is 11.2 Å². The van der Waals surface area contributed by atoms with Gasteiger partial charge in [0.05, 0.1) is 12.2 Å². The average Bonchev–Trinajstić information content (AvgIpc) is 2.72. The largest absolute Gasteiger partial charge is 0.491 e. The summed E-state index contributed by atoms with van der Waals surface area (Å²) in [4.78, 5) is 0. The molecule has 31 heavy (non-hydrogen) atoms. The van der Waals surface area contributed by atoms with Gasteiger partial charge in [-0.15, -0.1) is 0 Å². The van der Waals surface area contributed by atoms with Gasteiger partial charge in [0.15, 0.2) is 0 Å². The summed E-state index contributed by atoms with van der Waals surface area (Å²) < 4.78 is 25.5. The summed E-state index contributed by atoms with van der Waals surface area (Å²) in [6.45, 7) is 7.19. The van der Waals surface area contributed by atoms with E-state index in [4.69, 9.17) is 15.6 Å².